The van der Waals surface area contributed by atoms with Crippen molar-refractivity contribution in [1.82, 2.24) is 0 Å². The third kappa shape index (κ3) is 3.07. The lowest BCUT2D eigenvalue weighted by Crippen LogP contribution is -2.44. The Morgan fingerprint density at radius 3 is 2.30 bits per heavy atom. The minimum atomic E-state index is -0.717. The number of hydrogen-bond acceptors (Lipinski definition) is 4. The van der Waals surface area contributed by atoms with Crippen LogP contribution in [-0.4, -0.2) is 26.2 Å². The molecule has 0 N–H and O–H groups in total. The van der Waals surface area contributed by atoms with E-state index in [0.717, 1.165) is 11.1 Å². The number of carbonyl (C=O) groups is 2. The van der Waals surface area contributed by atoms with Crippen molar-refractivity contribution >= 4 is 17.5 Å². The highest BCUT2D eigenvalue weighted by Gasteiger charge is 2.49. The second-order valence-electron chi connectivity index (χ2n) is 5.90. The molecule has 122 valence electrons. The number of benzene rings is 1. The molecule has 0 saturated heterocycles. The summed E-state index contributed by atoms with van der Waals surface area (Å²) in [6.45, 7) is 6.11. The topological polar surface area (TPSA) is 52.6 Å². The Hall–Kier alpha value is -2.36. The van der Waals surface area contributed by atoms with E-state index < -0.39 is 29.2 Å². The van der Waals surface area contributed by atoms with Crippen LogP contribution in [0.4, 0.5) is 0 Å². The Labute approximate surface area is 136 Å². The van der Waals surface area contributed by atoms with E-state index in [9.17, 15) is 9.59 Å². The van der Waals surface area contributed by atoms with Gasteiger partial charge >= 0.3 is 11.9 Å². The fraction of sp³-hybridized carbons (Fsp3) is 0.368. The maximum atomic E-state index is 12.4. The van der Waals surface area contributed by atoms with Crippen LogP contribution in [0.1, 0.15) is 18.9 Å². The van der Waals surface area contributed by atoms with E-state index in [2.05, 4.69) is 6.58 Å². The van der Waals surface area contributed by atoms with Gasteiger partial charge in [-0.15, -0.1) is 0 Å². The summed E-state index contributed by atoms with van der Waals surface area (Å²) in [7, 11) is 2.67. The lowest BCUT2D eigenvalue weighted by molar-refractivity contribution is -0.160. The second-order valence-corrected chi connectivity index (χ2v) is 5.90. The zero-order valence-corrected chi connectivity index (χ0v) is 13.7. The van der Waals surface area contributed by atoms with Gasteiger partial charge in [-0.2, -0.15) is 0 Å². The number of ether oxygens (including phenoxy) is 2. The summed E-state index contributed by atoms with van der Waals surface area (Å²) in [5.41, 5.74) is 0.989. The first-order valence-corrected chi connectivity index (χ1v) is 7.54. The molecule has 2 rings (SSSR count). The Kier molecular flexibility index (Phi) is 5.04. The molecule has 0 bridgehead atoms. The number of rotatable bonds is 4. The number of hydrogen-bond donors (Lipinski definition) is 0. The smallest absolute Gasteiger partial charge is 0.310 e. The quantitative estimate of drug-likeness (QED) is 0.632. The van der Waals surface area contributed by atoms with Crippen LogP contribution in [0, 0.1) is 17.3 Å². The molecule has 0 amide bonds. The Morgan fingerprint density at radius 1 is 1.13 bits per heavy atom. The first kappa shape index (κ1) is 17.0. The van der Waals surface area contributed by atoms with E-state index in [1.807, 2.05) is 49.4 Å². The van der Waals surface area contributed by atoms with Gasteiger partial charge in [-0.25, -0.2) is 0 Å². The molecule has 0 saturated carbocycles. The molecule has 0 radical (unpaired) electrons. The zero-order chi connectivity index (χ0) is 17.0. The maximum absolute atomic E-state index is 12.4. The van der Waals surface area contributed by atoms with Crippen molar-refractivity contribution in [3.63, 3.8) is 0 Å². The molecule has 0 aliphatic heterocycles. The zero-order valence-electron chi connectivity index (χ0n) is 13.7. The van der Waals surface area contributed by atoms with Gasteiger partial charge in [0.25, 0.3) is 0 Å². The summed E-state index contributed by atoms with van der Waals surface area (Å²) in [6, 6.07) is 9.64. The van der Waals surface area contributed by atoms with Crippen LogP contribution in [0.5, 0.6) is 0 Å². The van der Waals surface area contributed by atoms with E-state index in [1.165, 1.54) is 14.2 Å². The molecule has 0 heterocycles. The molecule has 1 aromatic rings. The van der Waals surface area contributed by atoms with Crippen LogP contribution in [0.25, 0.3) is 5.57 Å². The Balaban J connectivity index is 2.50. The van der Waals surface area contributed by atoms with Crippen LogP contribution in [0.3, 0.4) is 0 Å². The highest BCUT2D eigenvalue weighted by molar-refractivity contribution is 5.87. The molecule has 1 aliphatic rings. The van der Waals surface area contributed by atoms with Gasteiger partial charge in [0.2, 0.25) is 0 Å². The van der Waals surface area contributed by atoms with Crippen molar-refractivity contribution in [2.75, 3.05) is 14.2 Å². The molecule has 4 nitrogen and oxygen atoms in total. The normalized spacial score (nSPS) is 26.4. The summed E-state index contributed by atoms with van der Waals surface area (Å²) in [5, 5.41) is 0. The fourth-order valence-electron chi connectivity index (χ4n) is 3.28. The summed E-state index contributed by atoms with van der Waals surface area (Å²) >= 11 is 0. The van der Waals surface area contributed by atoms with Crippen LogP contribution in [0.15, 0.2) is 49.1 Å². The van der Waals surface area contributed by atoms with Gasteiger partial charge in [0.1, 0.15) is 0 Å². The highest BCUT2D eigenvalue weighted by atomic mass is 16.5. The molecule has 1 aromatic carbocycles. The minimum absolute atomic E-state index is 0.406. The largest absolute Gasteiger partial charge is 0.469 e. The van der Waals surface area contributed by atoms with Crippen molar-refractivity contribution in [2.24, 2.45) is 17.3 Å². The lowest BCUT2D eigenvalue weighted by atomic mass is 9.61. The summed E-state index contributed by atoms with van der Waals surface area (Å²) in [6.07, 6.45) is 4.31. The van der Waals surface area contributed by atoms with Gasteiger partial charge in [0, 0.05) is 5.41 Å². The Morgan fingerprint density at radius 2 is 1.74 bits per heavy atom. The van der Waals surface area contributed by atoms with E-state index >= 15 is 0 Å². The molecule has 1 aliphatic carbocycles. The Bertz CT molecular complexity index is 632. The predicted molar refractivity (Wildman–Crippen MR) is 88.4 cm³/mol. The molecule has 4 heteroatoms. The minimum Gasteiger partial charge on any atom is -0.469 e. The van der Waals surface area contributed by atoms with Gasteiger partial charge in [0.15, 0.2) is 0 Å². The number of carbonyl (C=O) groups excluding carboxylic acids is 2. The molecule has 0 fully saturated rings. The second kappa shape index (κ2) is 6.82. The van der Waals surface area contributed by atoms with Gasteiger partial charge in [-0.1, -0.05) is 56.0 Å². The van der Waals surface area contributed by atoms with E-state index in [4.69, 9.17) is 9.47 Å². The first-order valence-electron chi connectivity index (χ1n) is 7.54. The van der Waals surface area contributed by atoms with Crippen LogP contribution in [-0.2, 0) is 19.1 Å². The summed E-state index contributed by atoms with van der Waals surface area (Å²) < 4.78 is 9.86. The monoisotopic (exact) mass is 314 g/mol. The predicted octanol–water partition coefficient (Wildman–Crippen LogP) is 3.24. The summed E-state index contributed by atoms with van der Waals surface area (Å²) in [5.74, 6) is -2.08. The van der Waals surface area contributed by atoms with Crippen molar-refractivity contribution in [1.29, 1.82) is 0 Å². The van der Waals surface area contributed by atoms with Gasteiger partial charge in [-0.05, 0) is 17.6 Å². The molecular formula is C19H22O4. The highest BCUT2D eigenvalue weighted by Crippen LogP contribution is 2.49. The average molecular weight is 314 g/mol. The lowest BCUT2D eigenvalue weighted by Gasteiger charge is -2.41. The van der Waals surface area contributed by atoms with Gasteiger partial charge < -0.3 is 9.47 Å². The third-order valence-corrected chi connectivity index (χ3v) is 4.63. The molecular weight excluding hydrogens is 292 g/mol. The van der Waals surface area contributed by atoms with Crippen molar-refractivity contribution in [2.45, 2.75) is 13.3 Å². The third-order valence-electron chi connectivity index (χ3n) is 4.63. The SMILES string of the molecule is C=C(c1ccccc1)[C@@]1(C)C=CC[C@@H](C(=O)OC)[C@@H]1C(=O)OC. The number of allylic oxidation sites excluding steroid dienone is 3. The molecule has 0 unspecified atom stereocenters. The fourth-order valence-corrected chi connectivity index (χ4v) is 3.28. The van der Waals surface area contributed by atoms with Crippen molar-refractivity contribution in [3.05, 3.63) is 54.6 Å². The van der Waals surface area contributed by atoms with E-state index in [1.54, 1.807) is 0 Å². The summed E-state index contributed by atoms with van der Waals surface area (Å²) in [4.78, 5) is 24.6. The molecule has 0 aromatic heterocycles. The van der Waals surface area contributed by atoms with Gasteiger partial charge in [-0.3, -0.25) is 9.59 Å². The van der Waals surface area contributed by atoms with E-state index in [-0.39, 0.29) is 0 Å². The molecule has 23 heavy (non-hydrogen) atoms. The molecule has 3 atom stereocenters. The first-order chi connectivity index (χ1) is 11.0. The van der Waals surface area contributed by atoms with Gasteiger partial charge in [0.05, 0.1) is 26.1 Å². The average Bonchev–Trinajstić information content (AvgIpc) is 2.60. The molecule has 0 spiro atoms. The number of methoxy groups -OCH3 is 2. The van der Waals surface area contributed by atoms with E-state index in [0.29, 0.717) is 6.42 Å². The van der Waals surface area contributed by atoms with Crippen LogP contribution >= 0.6 is 0 Å². The number of esters is 2. The van der Waals surface area contributed by atoms with Crippen LogP contribution < -0.4 is 0 Å². The van der Waals surface area contributed by atoms with Crippen molar-refractivity contribution in [3.8, 4) is 0 Å². The standard InChI is InChI=1S/C19H22O4/c1-13(14-9-6-5-7-10-14)19(2)12-8-11-15(17(20)22-3)16(19)18(21)23-4/h5-10,12,15-16H,1,11H2,2-4H3/t15-,16-,19-/m1/s1. The van der Waals surface area contributed by atoms with Crippen molar-refractivity contribution < 1.29 is 19.1 Å². The maximum Gasteiger partial charge on any atom is 0.310 e. The van der Waals surface area contributed by atoms with Crippen LogP contribution in [0.2, 0.25) is 0 Å².